The molecule has 0 aliphatic carbocycles. The fourth-order valence-corrected chi connectivity index (χ4v) is 1.72. The molecule has 2 N–H and O–H groups in total. The zero-order chi connectivity index (χ0) is 12.9. The van der Waals surface area contributed by atoms with Crippen molar-refractivity contribution in [2.24, 2.45) is 0 Å². The summed E-state index contributed by atoms with van der Waals surface area (Å²) in [5.74, 6) is 0. The zero-order valence-electron chi connectivity index (χ0n) is 11.2. The van der Waals surface area contributed by atoms with Crippen LogP contribution in [0, 0.1) is 6.92 Å². The maximum absolute atomic E-state index is 9.38. The molecule has 0 saturated heterocycles. The fourth-order valence-electron chi connectivity index (χ4n) is 1.72. The van der Waals surface area contributed by atoms with Crippen molar-refractivity contribution in [3.63, 3.8) is 0 Å². The second-order valence-electron chi connectivity index (χ2n) is 5.06. The number of benzene rings is 1. The molecule has 0 aromatic heterocycles. The minimum atomic E-state index is -0.231. The van der Waals surface area contributed by atoms with Gasteiger partial charge in [0.05, 0.1) is 18.2 Å². The number of rotatable bonds is 6. The van der Waals surface area contributed by atoms with Gasteiger partial charge in [-0.25, -0.2) is 0 Å². The molecule has 0 heterocycles. The van der Waals surface area contributed by atoms with Gasteiger partial charge in [-0.3, -0.25) is 0 Å². The molecule has 3 heteroatoms. The lowest BCUT2D eigenvalue weighted by molar-refractivity contribution is 0.00748. The molecule has 0 bridgehead atoms. The summed E-state index contributed by atoms with van der Waals surface area (Å²) in [7, 11) is 1.69. The number of methoxy groups -OCH3 is 1. The standard InChI is InChI=1S/C14H23NO2/c1-11-5-7-12(8-6-11)15-13(10-16)9-14(2,3)17-4/h5-8,13,15-16H,9-10H2,1-4H3. The van der Waals surface area contributed by atoms with E-state index < -0.39 is 0 Å². The molecule has 1 aromatic rings. The maximum Gasteiger partial charge on any atom is 0.0643 e. The number of hydrogen-bond donors (Lipinski definition) is 2. The third kappa shape index (κ3) is 4.75. The topological polar surface area (TPSA) is 41.5 Å². The molecular formula is C14H23NO2. The van der Waals surface area contributed by atoms with Crippen molar-refractivity contribution in [2.75, 3.05) is 19.0 Å². The minimum absolute atomic E-state index is 0.00709. The Morgan fingerprint density at radius 2 is 1.88 bits per heavy atom. The first kappa shape index (κ1) is 14.0. The van der Waals surface area contributed by atoms with Gasteiger partial charge in [-0.15, -0.1) is 0 Å². The van der Waals surface area contributed by atoms with Crippen LogP contribution in [-0.4, -0.2) is 30.5 Å². The van der Waals surface area contributed by atoms with Gasteiger partial charge < -0.3 is 15.2 Å². The Morgan fingerprint density at radius 1 is 1.29 bits per heavy atom. The van der Waals surface area contributed by atoms with Crippen LogP contribution in [0.4, 0.5) is 5.69 Å². The van der Waals surface area contributed by atoms with Crippen molar-refractivity contribution in [3.8, 4) is 0 Å². The number of aryl methyl sites for hydroxylation is 1. The summed E-state index contributed by atoms with van der Waals surface area (Å²) in [6, 6.07) is 8.17. The highest BCUT2D eigenvalue weighted by Crippen LogP contribution is 2.19. The van der Waals surface area contributed by atoms with E-state index in [9.17, 15) is 5.11 Å². The summed E-state index contributed by atoms with van der Waals surface area (Å²) in [6.45, 7) is 6.20. The van der Waals surface area contributed by atoms with E-state index in [2.05, 4.69) is 24.4 Å². The number of anilines is 1. The predicted molar refractivity (Wildman–Crippen MR) is 71.4 cm³/mol. The monoisotopic (exact) mass is 237 g/mol. The molecule has 96 valence electrons. The summed E-state index contributed by atoms with van der Waals surface area (Å²) in [6.07, 6.45) is 0.758. The second-order valence-corrected chi connectivity index (χ2v) is 5.06. The van der Waals surface area contributed by atoms with Crippen molar-refractivity contribution >= 4 is 5.69 Å². The highest BCUT2D eigenvalue weighted by molar-refractivity contribution is 5.45. The van der Waals surface area contributed by atoms with Crippen LogP contribution in [0.15, 0.2) is 24.3 Å². The van der Waals surface area contributed by atoms with E-state index in [0.717, 1.165) is 12.1 Å². The quantitative estimate of drug-likeness (QED) is 0.799. The first-order chi connectivity index (χ1) is 7.96. The third-order valence-corrected chi connectivity index (χ3v) is 2.93. The highest BCUT2D eigenvalue weighted by atomic mass is 16.5. The Hall–Kier alpha value is -1.06. The number of aliphatic hydroxyl groups is 1. The summed E-state index contributed by atoms with van der Waals surface area (Å²) in [4.78, 5) is 0. The molecule has 17 heavy (non-hydrogen) atoms. The van der Waals surface area contributed by atoms with Gasteiger partial charge in [0, 0.05) is 12.8 Å². The molecule has 1 aromatic carbocycles. The molecule has 0 amide bonds. The largest absolute Gasteiger partial charge is 0.394 e. The summed E-state index contributed by atoms with van der Waals surface area (Å²) in [5, 5.41) is 12.7. The molecule has 3 nitrogen and oxygen atoms in total. The van der Waals surface area contributed by atoms with Gasteiger partial charge in [0.1, 0.15) is 0 Å². The lowest BCUT2D eigenvalue weighted by atomic mass is 9.99. The predicted octanol–water partition coefficient (Wildman–Crippen LogP) is 2.58. The van der Waals surface area contributed by atoms with Gasteiger partial charge in [0.15, 0.2) is 0 Å². The first-order valence-electron chi connectivity index (χ1n) is 5.96. The molecule has 1 rings (SSSR count). The van der Waals surface area contributed by atoms with Gasteiger partial charge in [-0.2, -0.15) is 0 Å². The summed E-state index contributed by atoms with van der Waals surface area (Å²) in [5.41, 5.74) is 2.03. The van der Waals surface area contributed by atoms with Crippen LogP contribution in [-0.2, 0) is 4.74 Å². The van der Waals surface area contributed by atoms with E-state index in [0.29, 0.717) is 0 Å². The molecule has 0 aliphatic heterocycles. The van der Waals surface area contributed by atoms with Crippen molar-refractivity contribution in [3.05, 3.63) is 29.8 Å². The van der Waals surface area contributed by atoms with E-state index in [1.807, 2.05) is 26.0 Å². The molecular weight excluding hydrogens is 214 g/mol. The molecule has 1 unspecified atom stereocenters. The van der Waals surface area contributed by atoms with Crippen LogP contribution in [0.3, 0.4) is 0 Å². The Kier molecular flexibility index (Phi) is 4.97. The van der Waals surface area contributed by atoms with Gasteiger partial charge in [0.25, 0.3) is 0 Å². The number of ether oxygens (including phenoxy) is 1. The molecule has 0 aliphatic rings. The van der Waals surface area contributed by atoms with Crippen LogP contribution in [0.5, 0.6) is 0 Å². The van der Waals surface area contributed by atoms with Gasteiger partial charge >= 0.3 is 0 Å². The smallest absolute Gasteiger partial charge is 0.0643 e. The summed E-state index contributed by atoms with van der Waals surface area (Å²) >= 11 is 0. The summed E-state index contributed by atoms with van der Waals surface area (Å²) < 4.78 is 5.38. The number of nitrogens with one attached hydrogen (secondary N) is 1. The Morgan fingerprint density at radius 3 is 2.35 bits per heavy atom. The van der Waals surface area contributed by atoms with Gasteiger partial charge in [-0.1, -0.05) is 17.7 Å². The van der Waals surface area contributed by atoms with Crippen LogP contribution < -0.4 is 5.32 Å². The normalized spacial score (nSPS) is 13.5. The molecule has 0 radical (unpaired) electrons. The van der Waals surface area contributed by atoms with E-state index in [1.54, 1.807) is 7.11 Å². The molecule has 0 fully saturated rings. The SMILES string of the molecule is COC(C)(C)CC(CO)Nc1ccc(C)cc1. The van der Waals surface area contributed by atoms with Crippen molar-refractivity contribution in [1.29, 1.82) is 0 Å². The average molecular weight is 237 g/mol. The molecule has 0 spiro atoms. The number of hydrogen-bond acceptors (Lipinski definition) is 3. The first-order valence-corrected chi connectivity index (χ1v) is 5.96. The maximum atomic E-state index is 9.38. The van der Waals surface area contributed by atoms with Crippen molar-refractivity contribution in [1.82, 2.24) is 0 Å². The van der Waals surface area contributed by atoms with Crippen LogP contribution >= 0.6 is 0 Å². The highest BCUT2D eigenvalue weighted by Gasteiger charge is 2.22. The fraction of sp³-hybridized carbons (Fsp3) is 0.571. The van der Waals surface area contributed by atoms with Gasteiger partial charge in [-0.05, 0) is 39.3 Å². The van der Waals surface area contributed by atoms with Crippen LogP contribution in [0.1, 0.15) is 25.8 Å². The van der Waals surface area contributed by atoms with Crippen LogP contribution in [0.2, 0.25) is 0 Å². The van der Waals surface area contributed by atoms with E-state index in [4.69, 9.17) is 4.74 Å². The van der Waals surface area contributed by atoms with Crippen molar-refractivity contribution in [2.45, 2.75) is 38.8 Å². The lowest BCUT2D eigenvalue weighted by Gasteiger charge is -2.28. The lowest BCUT2D eigenvalue weighted by Crippen LogP contribution is -2.35. The second kappa shape index (κ2) is 6.03. The van der Waals surface area contributed by atoms with Crippen LogP contribution in [0.25, 0.3) is 0 Å². The molecule has 0 saturated carbocycles. The average Bonchev–Trinajstić information content (AvgIpc) is 2.31. The minimum Gasteiger partial charge on any atom is -0.394 e. The Bertz CT molecular complexity index is 333. The van der Waals surface area contributed by atoms with Gasteiger partial charge in [0.2, 0.25) is 0 Å². The Labute approximate surface area is 104 Å². The zero-order valence-corrected chi connectivity index (χ0v) is 11.2. The van der Waals surface area contributed by atoms with E-state index in [-0.39, 0.29) is 18.2 Å². The van der Waals surface area contributed by atoms with E-state index in [1.165, 1.54) is 5.56 Å². The van der Waals surface area contributed by atoms with E-state index >= 15 is 0 Å². The Balaban J connectivity index is 2.61. The van der Waals surface area contributed by atoms with Crippen molar-refractivity contribution < 1.29 is 9.84 Å². The molecule has 1 atom stereocenters. The third-order valence-electron chi connectivity index (χ3n) is 2.93. The number of aliphatic hydroxyl groups excluding tert-OH is 1.